The van der Waals surface area contributed by atoms with E-state index in [2.05, 4.69) is 10.3 Å². The van der Waals surface area contributed by atoms with Crippen LogP contribution in [0.2, 0.25) is 0 Å². The number of rotatable bonds is 1. The summed E-state index contributed by atoms with van der Waals surface area (Å²) in [5.41, 5.74) is 0.746. The van der Waals surface area contributed by atoms with Crippen LogP contribution in [0.4, 0.5) is 28.0 Å². The summed E-state index contributed by atoms with van der Waals surface area (Å²) in [5, 5.41) is 2.29. The fourth-order valence-corrected chi connectivity index (χ4v) is 3.73. The third-order valence-corrected chi connectivity index (χ3v) is 4.85. The van der Waals surface area contributed by atoms with Crippen LogP contribution in [0.15, 0.2) is 24.4 Å². The minimum atomic E-state index is -1.64. The van der Waals surface area contributed by atoms with Crippen LogP contribution in [-0.2, 0) is 6.42 Å². The number of carbonyl (C=O) groups is 1. The summed E-state index contributed by atoms with van der Waals surface area (Å²) in [6.45, 7) is 0. The fourth-order valence-electron chi connectivity index (χ4n) is 3.73. The highest BCUT2D eigenvalue weighted by atomic mass is 19.2. The van der Waals surface area contributed by atoms with Gasteiger partial charge in [0, 0.05) is 17.8 Å². The summed E-state index contributed by atoms with van der Waals surface area (Å²) in [6, 6.07) is 2.16. The van der Waals surface area contributed by atoms with Gasteiger partial charge in [0.05, 0.1) is 11.7 Å². The molecule has 25 heavy (non-hydrogen) atoms. The molecule has 4 rings (SSSR count). The van der Waals surface area contributed by atoms with Crippen molar-refractivity contribution < 1.29 is 22.4 Å². The van der Waals surface area contributed by atoms with E-state index in [1.807, 2.05) is 0 Å². The monoisotopic (exact) mass is 351 g/mol. The Kier molecular flexibility index (Phi) is 3.63. The van der Waals surface area contributed by atoms with Crippen LogP contribution in [-0.4, -0.2) is 22.0 Å². The lowest BCUT2D eigenvalue weighted by Crippen LogP contribution is -2.44. The Bertz CT molecular complexity index is 873. The number of anilines is 1. The number of aromatic nitrogens is 1. The standard InChI is InChI=1S/C17H13F4N3O/c18-11-2-3-12(15(20)14(11)19)23-17(25)24-8-1-4-13(24)9-5-6-22-16(21)10(9)7-8/h2-3,5-6,8,13H,1,4,7H2,(H,23,25)/t8-,13+/m0/s1. The molecule has 3 heterocycles. The first-order chi connectivity index (χ1) is 12.0. The lowest BCUT2D eigenvalue weighted by Gasteiger charge is -2.36. The molecule has 2 atom stereocenters. The number of fused-ring (bicyclic) bond motifs is 4. The normalized spacial score (nSPS) is 21.2. The first-order valence-corrected chi connectivity index (χ1v) is 7.83. The van der Waals surface area contributed by atoms with Crippen LogP contribution >= 0.6 is 0 Å². The van der Waals surface area contributed by atoms with Gasteiger partial charge in [0.2, 0.25) is 5.95 Å². The van der Waals surface area contributed by atoms with Gasteiger partial charge in [-0.1, -0.05) is 0 Å². The molecule has 4 nitrogen and oxygen atoms in total. The second-order valence-corrected chi connectivity index (χ2v) is 6.18. The highest BCUT2D eigenvalue weighted by Gasteiger charge is 2.43. The summed E-state index contributed by atoms with van der Waals surface area (Å²) in [6.07, 6.45) is 2.98. The van der Waals surface area contributed by atoms with Crippen LogP contribution in [0, 0.1) is 23.4 Å². The van der Waals surface area contributed by atoms with Gasteiger partial charge < -0.3 is 10.2 Å². The van der Waals surface area contributed by atoms with E-state index in [9.17, 15) is 22.4 Å². The van der Waals surface area contributed by atoms with Crippen LogP contribution in [0.5, 0.6) is 0 Å². The Morgan fingerprint density at radius 2 is 1.92 bits per heavy atom. The molecule has 0 radical (unpaired) electrons. The van der Waals surface area contributed by atoms with Gasteiger partial charge >= 0.3 is 6.03 Å². The lowest BCUT2D eigenvalue weighted by molar-refractivity contribution is 0.178. The molecule has 2 aromatic rings. The number of urea groups is 1. The summed E-state index contributed by atoms with van der Waals surface area (Å²) in [7, 11) is 0. The van der Waals surface area contributed by atoms with Gasteiger partial charge in [0.15, 0.2) is 17.5 Å². The Hall–Kier alpha value is -2.64. The van der Waals surface area contributed by atoms with E-state index < -0.39 is 35.1 Å². The number of amides is 2. The van der Waals surface area contributed by atoms with Gasteiger partial charge in [0.25, 0.3) is 0 Å². The summed E-state index contributed by atoms with van der Waals surface area (Å²) < 4.78 is 54.0. The summed E-state index contributed by atoms with van der Waals surface area (Å²) in [5.74, 6) is -4.96. The number of hydrogen-bond acceptors (Lipinski definition) is 2. The minimum Gasteiger partial charge on any atom is -0.314 e. The third-order valence-electron chi connectivity index (χ3n) is 4.85. The SMILES string of the molecule is O=C(Nc1ccc(F)c(F)c1F)N1[C@H]2CC[C@@H]1c1ccnc(F)c1C2. The average molecular weight is 351 g/mol. The molecule has 1 fully saturated rings. The molecule has 2 amide bonds. The van der Waals surface area contributed by atoms with E-state index >= 15 is 0 Å². The fraction of sp³-hybridized carbons (Fsp3) is 0.294. The Morgan fingerprint density at radius 1 is 1.12 bits per heavy atom. The molecule has 2 aliphatic heterocycles. The maximum absolute atomic E-state index is 13.9. The molecule has 8 heteroatoms. The minimum absolute atomic E-state index is 0.246. The van der Waals surface area contributed by atoms with E-state index in [1.54, 1.807) is 6.07 Å². The van der Waals surface area contributed by atoms with E-state index in [4.69, 9.17) is 0 Å². The molecule has 1 saturated heterocycles. The first kappa shape index (κ1) is 15.9. The summed E-state index contributed by atoms with van der Waals surface area (Å²) >= 11 is 0. The largest absolute Gasteiger partial charge is 0.322 e. The van der Waals surface area contributed by atoms with E-state index in [-0.39, 0.29) is 12.1 Å². The number of benzene rings is 1. The highest BCUT2D eigenvalue weighted by Crippen LogP contribution is 2.44. The van der Waals surface area contributed by atoms with Gasteiger partial charge in [0.1, 0.15) is 0 Å². The van der Waals surface area contributed by atoms with Crippen LogP contribution < -0.4 is 5.32 Å². The van der Waals surface area contributed by atoms with Crippen LogP contribution in [0.1, 0.15) is 30.0 Å². The van der Waals surface area contributed by atoms with Crippen molar-refractivity contribution in [2.24, 2.45) is 0 Å². The van der Waals surface area contributed by atoms with Crippen molar-refractivity contribution in [3.05, 3.63) is 58.9 Å². The van der Waals surface area contributed by atoms with E-state index in [1.165, 1.54) is 11.1 Å². The first-order valence-electron chi connectivity index (χ1n) is 7.83. The van der Waals surface area contributed by atoms with Gasteiger partial charge in [-0.25, -0.2) is 22.9 Å². The molecule has 0 aliphatic carbocycles. The smallest absolute Gasteiger partial charge is 0.314 e. The van der Waals surface area contributed by atoms with E-state index in [0.717, 1.165) is 12.1 Å². The average Bonchev–Trinajstić information content (AvgIpc) is 2.92. The lowest BCUT2D eigenvalue weighted by atomic mass is 9.95. The highest BCUT2D eigenvalue weighted by molar-refractivity contribution is 5.90. The molecule has 1 aromatic carbocycles. The maximum Gasteiger partial charge on any atom is 0.322 e. The number of nitrogens with zero attached hydrogens (tertiary/aromatic N) is 2. The van der Waals surface area contributed by atoms with Crippen LogP contribution in [0.25, 0.3) is 0 Å². The van der Waals surface area contributed by atoms with Crippen molar-refractivity contribution >= 4 is 11.7 Å². The molecule has 130 valence electrons. The predicted molar refractivity (Wildman–Crippen MR) is 80.8 cm³/mol. The third kappa shape index (κ3) is 2.43. The predicted octanol–water partition coefficient (Wildman–Crippen LogP) is 3.93. The molecular formula is C17H13F4N3O. The molecule has 1 aromatic heterocycles. The second-order valence-electron chi connectivity index (χ2n) is 6.18. The zero-order valence-electron chi connectivity index (χ0n) is 12.9. The second kappa shape index (κ2) is 5.72. The Balaban J connectivity index is 1.63. The number of nitrogens with one attached hydrogen (secondary N) is 1. The van der Waals surface area contributed by atoms with Crippen molar-refractivity contribution in [1.29, 1.82) is 0 Å². The number of pyridine rings is 1. The molecule has 2 aliphatic rings. The van der Waals surface area contributed by atoms with Gasteiger partial charge in [-0.05, 0) is 43.0 Å². The maximum atomic E-state index is 13.9. The Labute approximate surface area is 140 Å². The van der Waals surface area contributed by atoms with Gasteiger partial charge in [-0.2, -0.15) is 4.39 Å². The van der Waals surface area contributed by atoms with E-state index in [0.29, 0.717) is 30.4 Å². The molecular weight excluding hydrogens is 338 g/mol. The van der Waals surface area contributed by atoms with Crippen molar-refractivity contribution in [1.82, 2.24) is 9.88 Å². The molecule has 0 spiro atoms. The molecule has 1 N–H and O–H groups in total. The van der Waals surface area contributed by atoms with Crippen molar-refractivity contribution in [2.75, 3.05) is 5.32 Å². The zero-order chi connectivity index (χ0) is 17.7. The van der Waals surface area contributed by atoms with Crippen molar-refractivity contribution in [2.45, 2.75) is 31.3 Å². The van der Waals surface area contributed by atoms with Crippen molar-refractivity contribution in [3.8, 4) is 0 Å². The topological polar surface area (TPSA) is 45.2 Å². The molecule has 0 saturated carbocycles. The number of halogens is 4. The van der Waals surface area contributed by atoms with Crippen LogP contribution in [0.3, 0.4) is 0 Å². The van der Waals surface area contributed by atoms with Gasteiger partial charge in [-0.3, -0.25) is 0 Å². The zero-order valence-corrected chi connectivity index (χ0v) is 12.9. The van der Waals surface area contributed by atoms with Crippen molar-refractivity contribution in [3.63, 3.8) is 0 Å². The number of carbonyl (C=O) groups excluding carboxylic acids is 1. The molecule has 0 unspecified atom stereocenters. The quantitative estimate of drug-likeness (QED) is 0.481. The Morgan fingerprint density at radius 3 is 2.72 bits per heavy atom. The number of hydrogen-bond donors (Lipinski definition) is 1. The summed E-state index contributed by atoms with van der Waals surface area (Å²) in [4.78, 5) is 17.8. The van der Waals surface area contributed by atoms with Gasteiger partial charge in [-0.15, -0.1) is 0 Å². The molecule has 2 bridgehead atoms.